The van der Waals surface area contributed by atoms with Crippen LogP contribution in [0.4, 0.5) is 0 Å². The highest BCUT2D eigenvalue weighted by Gasteiger charge is 2.44. The Morgan fingerprint density at radius 1 is 1.24 bits per heavy atom. The lowest BCUT2D eigenvalue weighted by Gasteiger charge is -2.38. The molecule has 100 valence electrons. The molecule has 1 aliphatic carbocycles. The Hall–Kier alpha value is -0.160. The summed E-state index contributed by atoms with van der Waals surface area (Å²) in [7, 11) is 6.51. The fourth-order valence-corrected chi connectivity index (χ4v) is 2.86. The lowest BCUT2D eigenvalue weighted by atomic mass is 9.96. The van der Waals surface area contributed by atoms with Gasteiger partial charge in [-0.1, -0.05) is 0 Å². The molecular formula is C13H28N4. The van der Waals surface area contributed by atoms with Crippen LogP contribution in [0.25, 0.3) is 0 Å². The molecule has 0 spiro atoms. The molecule has 4 nitrogen and oxygen atoms in total. The molecule has 2 aliphatic rings. The molecule has 1 saturated heterocycles. The molecule has 1 aliphatic heterocycles. The molecule has 1 atom stereocenters. The van der Waals surface area contributed by atoms with Gasteiger partial charge in [0.1, 0.15) is 0 Å². The van der Waals surface area contributed by atoms with E-state index in [9.17, 15) is 0 Å². The Morgan fingerprint density at radius 2 is 1.94 bits per heavy atom. The summed E-state index contributed by atoms with van der Waals surface area (Å²) < 4.78 is 0. The number of likely N-dealkylation sites (tertiary alicyclic amines) is 1. The van der Waals surface area contributed by atoms with Crippen LogP contribution in [-0.2, 0) is 0 Å². The first-order valence-corrected chi connectivity index (χ1v) is 6.87. The zero-order chi connectivity index (χ0) is 12.5. The second-order valence-corrected chi connectivity index (χ2v) is 6.10. The van der Waals surface area contributed by atoms with Crippen molar-refractivity contribution in [3.8, 4) is 0 Å². The van der Waals surface area contributed by atoms with Crippen molar-refractivity contribution in [1.82, 2.24) is 14.7 Å². The molecule has 4 heteroatoms. The number of nitrogens with two attached hydrogens (primary N) is 1. The Labute approximate surface area is 106 Å². The van der Waals surface area contributed by atoms with Gasteiger partial charge in [0, 0.05) is 44.3 Å². The van der Waals surface area contributed by atoms with Crippen molar-refractivity contribution in [2.45, 2.75) is 30.8 Å². The van der Waals surface area contributed by atoms with Crippen LogP contribution < -0.4 is 5.73 Å². The molecule has 1 unspecified atom stereocenters. The van der Waals surface area contributed by atoms with E-state index in [1.165, 1.54) is 32.4 Å². The molecule has 17 heavy (non-hydrogen) atoms. The summed E-state index contributed by atoms with van der Waals surface area (Å²) in [5, 5.41) is 0. The molecule has 0 radical (unpaired) electrons. The summed E-state index contributed by atoms with van der Waals surface area (Å²) in [6.07, 6.45) is 4.05. The van der Waals surface area contributed by atoms with Gasteiger partial charge in [-0.25, -0.2) is 0 Å². The van der Waals surface area contributed by atoms with Crippen LogP contribution in [0.5, 0.6) is 0 Å². The monoisotopic (exact) mass is 240 g/mol. The third kappa shape index (κ3) is 2.99. The number of nitrogens with zero attached hydrogens (tertiary/aromatic N) is 3. The van der Waals surface area contributed by atoms with Crippen molar-refractivity contribution < 1.29 is 0 Å². The summed E-state index contributed by atoms with van der Waals surface area (Å²) in [6.45, 7) is 5.44. The first-order chi connectivity index (χ1) is 8.07. The van der Waals surface area contributed by atoms with Gasteiger partial charge in [-0.15, -0.1) is 0 Å². The van der Waals surface area contributed by atoms with Gasteiger partial charge in [-0.05, 0) is 40.4 Å². The largest absolute Gasteiger partial charge is 0.329 e. The topological polar surface area (TPSA) is 35.7 Å². The van der Waals surface area contributed by atoms with Crippen molar-refractivity contribution >= 4 is 0 Å². The van der Waals surface area contributed by atoms with Crippen molar-refractivity contribution in [1.29, 1.82) is 0 Å². The lowest BCUT2D eigenvalue weighted by molar-refractivity contribution is 0.119. The molecule has 2 rings (SSSR count). The minimum Gasteiger partial charge on any atom is -0.329 e. The van der Waals surface area contributed by atoms with E-state index in [2.05, 4.69) is 35.8 Å². The Balaban J connectivity index is 1.89. The molecule has 2 fully saturated rings. The van der Waals surface area contributed by atoms with E-state index in [0.29, 0.717) is 0 Å². The first kappa shape index (κ1) is 13.3. The fourth-order valence-electron chi connectivity index (χ4n) is 2.86. The predicted octanol–water partition coefficient (Wildman–Crippen LogP) is 0.0454. The molecule has 2 N–H and O–H groups in total. The molecular weight excluding hydrogens is 212 g/mol. The van der Waals surface area contributed by atoms with Gasteiger partial charge in [0.05, 0.1) is 0 Å². The number of likely N-dealkylation sites (N-methyl/N-ethyl adjacent to an activating group) is 2. The van der Waals surface area contributed by atoms with Gasteiger partial charge >= 0.3 is 0 Å². The van der Waals surface area contributed by atoms with Crippen LogP contribution in [0.3, 0.4) is 0 Å². The Kier molecular flexibility index (Phi) is 4.08. The second-order valence-electron chi connectivity index (χ2n) is 6.10. The fraction of sp³-hybridized carbons (Fsp3) is 1.00. The maximum atomic E-state index is 6.08. The van der Waals surface area contributed by atoms with E-state index in [4.69, 9.17) is 5.73 Å². The van der Waals surface area contributed by atoms with Gasteiger partial charge < -0.3 is 10.6 Å². The van der Waals surface area contributed by atoms with Crippen molar-refractivity contribution in [3.05, 3.63) is 0 Å². The first-order valence-electron chi connectivity index (χ1n) is 6.87. The highest BCUT2D eigenvalue weighted by molar-refractivity contribution is 5.02. The van der Waals surface area contributed by atoms with E-state index in [0.717, 1.165) is 25.7 Å². The summed E-state index contributed by atoms with van der Waals surface area (Å²) in [4.78, 5) is 7.39. The Bertz CT molecular complexity index is 252. The Morgan fingerprint density at radius 3 is 2.47 bits per heavy atom. The summed E-state index contributed by atoms with van der Waals surface area (Å²) in [5.74, 6) is 0. The average Bonchev–Trinajstić information content (AvgIpc) is 3.06. The van der Waals surface area contributed by atoms with Crippen molar-refractivity contribution in [2.75, 3.05) is 53.9 Å². The third-order valence-corrected chi connectivity index (χ3v) is 4.50. The minimum absolute atomic E-state index is 0.235. The van der Waals surface area contributed by atoms with E-state index < -0.39 is 0 Å². The molecule has 0 amide bonds. The zero-order valence-corrected chi connectivity index (χ0v) is 11.7. The van der Waals surface area contributed by atoms with E-state index in [1.54, 1.807) is 0 Å². The van der Waals surface area contributed by atoms with E-state index in [-0.39, 0.29) is 5.54 Å². The van der Waals surface area contributed by atoms with Gasteiger partial charge in [0.2, 0.25) is 0 Å². The lowest BCUT2D eigenvalue weighted by Crippen LogP contribution is -2.55. The SMILES string of the molecule is CN(C)CCN(C)C1(CN)CCN(C2CC2)C1. The summed E-state index contributed by atoms with van der Waals surface area (Å²) in [6, 6.07) is 0.880. The van der Waals surface area contributed by atoms with Crippen LogP contribution >= 0.6 is 0 Å². The third-order valence-electron chi connectivity index (χ3n) is 4.50. The maximum absolute atomic E-state index is 6.08. The number of rotatable bonds is 6. The smallest absolute Gasteiger partial charge is 0.0468 e. The minimum atomic E-state index is 0.235. The van der Waals surface area contributed by atoms with Crippen LogP contribution in [0.1, 0.15) is 19.3 Å². The molecule has 1 saturated carbocycles. The number of hydrogen-bond acceptors (Lipinski definition) is 4. The molecule has 0 aromatic rings. The van der Waals surface area contributed by atoms with Crippen LogP contribution in [0.2, 0.25) is 0 Å². The molecule has 0 bridgehead atoms. The molecule has 1 heterocycles. The van der Waals surface area contributed by atoms with Crippen molar-refractivity contribution in [3.63, 3.8) is 0 Å². The highest BCUT2D eigenvalue weighted by Crippen LogP contribution is 2.35. The molecule has 0 aromatic heterocycles. The molecule has 0 aromatic carbocycles. The summed E-state index contributed by atoms with van der Waals surface area (Å²) in [5.41, 5.74) is 6.31. The van der Waals surface area contributed by atoms with E-state index >= 15 is 0 Å². The highest BCUT2D eigenvalue weighted by atomic mass is 15.3. The van der Waals surface area contributed by atoms with Gasteiger partial charge in [-0.2, -0.15) is 0 Å². The zero-order valence-electron chi connectivity index (χ0n) is 11.7. The quantitative estimate of drug-likeness (QED) is 0.711. The maximum Gasteiger partial charge on any atom is 0.0468 e. The normalized spacial score (nSPS) is 30.7. The van der Waals surface area contributed by atoms with Crippen LogP contribution in [0, 0.1) is 0 Å². The summed E-state index contributed by atoms with van der Waals surface area (Å²) >= 11 is 0. The van der Waals surface area contributed by atoms with Crippen molar-refractivity contribution in [2.24, 2.45) is 5.73 Å². The second kappa shape index (κ2) is 5.22. The van der Waals surface area contributed by atoms with Gasteiger partial charge in [0.25, 0.3) is 0 Å². The number of hydrogen-bond donors (Lipinski definition) is 1. The van der Waals surface area contributed by atoms with E-state index in [1.807, 2.05) is 0 Å². The van der Waals surface area contributed by atoms with Gasteiger partial charge in [-0.3, -0.25) is 9.80 Å². The van der Waals surface area contributed by atoms with Crippen LogP contribution in [-0.4, -0.2) is 80.1 Å². The standard InChI is InChI=1S/C13H28N4/c1-15(2)8-9-16(3)13(10-14)6-7-17(11-13)12-4-5-12/h12H,4-11,14H2,1-3H3. The van der Waals surface area contributed by atoms with Gasteiger partial charge in [0.15, 0.2) is 0 Å². The predicted molar refractivity (Wildman–Crippen MR) is 72.2 cm³/mol. The van der Waals surface area contributed by atoms with Crippen LogP contribution in [0.15, 0.2) is 0 Å². The average molecular weight is 240 g/mol.